The van der Waals surface area contributed by atoms with E-state index in [-0.39, 0.29) is 6.10 Å². The largest absolute Gasteiger partial charge is 0.392 e. The van der Waals surface area contributed by atoms with Gasteiger partial charge in [-0.3, -0.25) is 0 Å². The molecule has 6 saturated carbocycles. The Kier molecular flexibility index (Phi) is 7.45. The molecule has 1 saturated heterocycles. The third kappa shape index (κ3) is 5.19. The Morgan fingerprint density at radius 3 is 1.94 bits per heavy atom. The molecule has 7 aliphatic rings. The first kappa shape index (κ1) is 24.6. The number of rotatable bonds is 7. The van der Waals surface area contributed by atoms with Crippen molar-refractivity contribution in [2.24, 2.45) is 40.7 Å². The molecule has 0 radical (unpaired) electrons. The van der Waals surface area contributed by atoms with E-state index in [1.54, 1.807) is 0 Å². The number of methoxy groups -OCH3 is 1. The van der Waals surface area contributed by atoms with E-state index in [1.165, 1.54) is 63.5 Å². The molecule has 6 heteroatoms. The number of ether oxygens (including phenoxy) is 1. The predicted molar refractivity (Wildman–Crippen MR) is 136 cm³/mol. The molecule has 6 nitrogen and oxygen atoms in total. The standard InChI is InChI=1S/C29H48N2O4/c1-31-13-11-27(12-14-31)33-30-26-7-3-22(4-8-26)23-5-9-28(10-6-23)34-35-29(32-2)24-16-20-15-21(18-24)19-25(29)17-20/h20-25,27-28H,3-19H2,1-2H3. The molecule has 198 valence electrons. The van der Waals surface area contributed by atoms with Gasteiger partial charge < -0.3 is 14.5 Å². The summed E-state index contributed by atoms with van der Waals surface area (Å²) >= 11 is 0. The zero-order valence-corrected chi connectivity index (χ0v) is 22.2. The topological polar surface area (TPSA) is 52.5 Å². The van der Waals surface area contributed by atoms with Gasteiger partial charge in [0.25, 0.3) is 0 Å². The number of oxime groups is 1. The van der Waals surface area contributed by atoms with Gasteiger partial charge in [-0.05, 0) is 127 Å². The summed E-state index contributed by atoms with van der Waals surface area (Å²) < 4.78 is 6.12. The average molecular weight is 489 g/mol. The Labute approximate surface area is 212 Å². The van der Waals surface area contributed by atoms with Crippen molar-refractivity contribution < 1.29 is 19.3 Å². The Balaban J connectivity index is 0.925. The summed E-state index contributed by atoms with van der Waals surface area (Å²) in [7, 11) is 4.04. The fourth-order valence-electron chi connectivity index (χ4n) is 8.92. The van der Waals surface area contributed by atoms with Gasteiger partial charge in [-0.15, -0.1) is 0 Å². The molecule has 4 bridgehead atoms. The van der Waals surface area contributed by atoms with Crippen molar-refractivity contribution in [1.29, 1.82) is 0 Å². The van der Waals surface area contributed by atoms with Crippen LogP contribution in [-0.2, 0) is 19.3 Å². The normalized spacial score (nSPS) is 44.5. The van der Waals surface area contributed by atoms with Crippen molar-refractivity contribution in [2.45, 2.75) is 114 Å². The van der Waals surface area contributed by atoms with Crippen LogP contribution in [0.1, 0.15) is 96.3 Å². The lowest BCUT2D eigenvalue weighted by atomic mass is 9.53. The van der Waals surface area contributed by atoms with Gasteiger partial charge in [0.1, 0.15) is 6.10 Å². The molecule has 0 amide bonds. The van der Waals surface area contributed by atoms with E-state index >= 15 is 0 Å². The van der Waals surface area contributed by atoms with Crippen LogP contribution < -0.4 is 0 Å². The van der Waals surface area contributed by atoms with E-state index in [1.807, 2.05) is 7.11 Å². The lowest BCUT2D eigenvalue weighted by molar-refractivity contribution is -0.486. The molecular formula is C29H48N2O4. The second-order valence-corrected chi connectivity index (χ2v) is 13.0. The van der Waals surface area contributed by atoms with Crippen LogP contribution in [0.3, 0.4) is 0 Å². The number of hydrogen-bond acceptors (Lipinski definition) is 6. The van der Waals surface area contributed by atoms with Crippen molar-refractivity contribution in [3.05, 3.63) is 0 Å². The van der Waals surface area contributed by atoms with Crippen LogP contribution in [0.25, 0.3) is 0 Å². The summed E-state index contributed by atoms with van der Waals surface area (Å²) in [5.41, 5.74) is 1.30. The zero-order valence-electron chi connectivity index (χ0n) is 22.2. The van der Waals surface area contributed by atoms with Crippen molar-refractivity contribution in [3.8, 4) is 0 Å². The third-order valence-electron chi connectivity index (χ3n) is 10.9. The molecule has 35 heavy (non-hydrogen) atoms. The smallest absolute Gasteiger partial charge is 0.207 e. The minimum atomic E-state index is -0.473. The molecule has 0 N–H and O–H groups in total. The molecule has 1 heterocycles. The first-order valence-electron chi connectivity index (χ1n) is 14.9. The van der Waals surface area contributed by atoms with Crippen LogP contribution in [0.4, 0.5) is 0 Å². The quantitative estimate of drug-likeness (QED) is 0.252. The van der Waals surface area contributed by atoms with Crippen LogP contribution in [0.5, 0.6) is 0 Å². The molecule has 7 rings (SSSR count). The van der Waals surface area contributed by atoms with Crippen LogP contribution >= 0.6 is 0 Å². The maximum atomic E-state index is 6.32. The summed E-state index contributed by atoms with van der Waals surface area (Å²) in [5.74, 6) is 4.07. The number of likely N-dealkylation sites (tertiary alicyclic amines) is 1. The van der Waals surface area contributed by atoms with Gasteiger partial charge in [0.2, 0.25) is 5.79 Å². The predicted octanol–water partition coefficient (Wildman–Crippen LogP) is 5.95. The number of hydrogen-bond donors (Lipinski definition) is 0. The van der Waals surface area contributed by atoms with E-state index < -0.39 is 5.79 Å². The van der Waals surface area contributed by atoms with E-state index in [2.05, 4.69) is 17.1 Å². The summed E-state index contributed by atoms with van der Waals surface area (Å²) in [5, 5.41) is 4.59. The lowest BCUT2D eigenvalue weighted by Gasteiger charge is -2.58. The summed E-state index contributed by atoms with van der Waals surface area (Å²) in [4.78, 5) is 20.8. The Hall–Kier alpha value is -0.690. The summed E-state index contributed by atoms with van der Waals surface area (Å²) in [6, 6.07) is 0. The van der Waals surface area contributed by atoms with Crippen LogP contribution in [0.15, 0.2) is 5.16 Å². The van der Waals surface area contributed by atoms with Gasteiger partial charge in [0.15, 0.2) is 0 Å². The van der Waals surface area contributed by atoms with E-state index in [9.17, 15) is 0 Å². The van der Waals surface area contributed by atoms with Crippen molar-refractivity contribution >= 4 is 5.71 Å². The van der Waals surface area contributed by atoms with E-state index in [0.29, 0.717) is 17.9 Å². The van der Waals surface area contributed by atoms with Crippen LogP contribution in [0, 0.1) is 35.5 Å². The number of nitrogens with zero attached hydrogens (tertiary/aromatic N) is 2. The second-order valence-electron chi connectivity index (χ2n) is 13.0. The molecule has 0 spiro atoms. The van der Waals surface area contributed by atoms with E-state index in [0.717, 1.165) is 75.3 Å². The van der Waals surface area contributed by atoms with Gasteiger partial charge in [0.05, 0.1) is 11.8 Å². The molecule has 0 unspecified atom stereocenters. The average Bonchev–Trinajstić information content (AvgIpc) is 2.89. The zero-order chi connectivity index (χ0) is 23.8. The Morgan fingerprint density at radius 1 is 0.743 bits per heavy atom. The minimum Gasteiger partial charge on any atom is -0.392 e. The lowest BCUT2D eigenvalue weighted by Crippen LogP contribution is -2.60. The highest BCUT2D eigenvalue weighted by molar-refractivity contribution is 5.84. The molecule has 0 aromatic carbocycles. The summed E-state index contributed by atoms with van der Waals surface area (Å²) in [6.07, 6.45) is 18.9. The first-order chi connectivity index (χ1) is 17.1. The van der Waals surface area contributed by atoms with Crippen molar-refractivity contribution in [3.63, 3.8) is 0 Å². The van der Waals surface area contributed by atoms with Crippen molar-refractivity contribution in [2.75, 3.05) is 27.2 Å². The molecule has 7 fully saturated rings. The van der Waals surface area contributed by atoms with Gasteiger partial charge in [-0.25, -0.2) is 9.78 Å². The highest BCUT2D eigenvalue weighted by Crippen LogP contribution is 2.60. The first-order valence-corrected chi connectivity index (χ1v) is 14.9. The number of piperidine rings is 1. The molecule has 6 aliphatic carbocycles. The van der Waals surface area contributed by atoms with E-state index in [4.69, 9.17) is 19.3 Å². The minimum absolute atomic E-state index is 0.235. The Morgan fingerprint density at radius 2 is 1.34 bits per heavy atom. The molecule has 0 atom stereocenters. The second kappa shape index (κ2) is 10.6. The Bertz CT molecular complexity index is 703. The molecule has 0 aromatic rings. The van der Waals surface area contributed by atoms with Gasteiger partial charge in [-0.1, -0.05) is 5.16 Å². The van der Waals surface area contributed by atoms with Gasteiger partial charge in [-0.2, -0.15) is 0 Å². The fourth-order valence-corrected chi connectivity index (χ4v) is 8.92. The highest BCUT2D eigenvalue weighted by Gasteiger charge is 2.60. The SMILES string of the molecule is COC1(OOC2CCC(C3CCC(=NOC4CCN(C)CC4)CC3)CC2)C2CC3CC(C2)CC1C3. The molecule has 0 aromatic heterocycles. The molecule has 1 aliphatic heterocycles. The third-order valence-corrected chi connectivity index (χ3v) is 10.9. The maximum absolute atomic E-state index is 6.32. The van der Waals surface area contributed by atoms with Gasteiger partial charge in [0, 0.05) is 32.0 Å². The summed E-state index contributed by atoms with van der Waals surface area (Å²) in [6.45, 7) is 2.26. The van der Waals surface area contributed by atoms with Crippen LogP contribution in [-0.4, -0.2) is 55.9 Å². The van der Waals surface area contributed by atoms with Gasteiger partial charge >= 0.3 is 0 Å². The maximum Gasteiger partial charge on any atom is 0.207 e. The highest BCUT2D eigenvalue weighted by atomic mass is 17.2. The van der Waals surface area contributed by atoms with Crippen LogP contribution in [0.2, 0.25) is 0 Å². The molecular weight excluding hydrogens is 440 g/mol. The fraction of sp³-hybridized carbons (Fsp3) is 0.966. The van der Waals surface area contributed by atoms with Crippen molar-refractivity contribution in [1.82, 2.24) is 4.90 Å². The monoisotopic (exact) mass is 488 g/mol.